The van der Waals surface area contributed by atoms with Crippen LogP contribution in [0, 0.1) is 11.8 Å². The summed E-state index contributed by atoms with van der Waals surface area (Å²) in [5.41, 5.74) is 2.23. The molecule has 3 heterocycles. The summed E-state index contributed by atoms with van der Waals surface area (Å²) in [7, 11) is 2.86. The Labute approximate surface area is 223 Å². The van der Waals surface area contributed by atoms with E-state index in [4.69, 9.17) is 28.7 Å². The molecule has 2 aromatic rings. The van der Waals surface area contributed by atoms with Crippen LogP contribution in [0.4, 0.5) is 0 Å². The van der Waals surface area contributed by atoms with Crippen molar-refractivity contribution in [2.45, 2.75) is 18.4 Å². The van der Waals surface area contributed by atoms with Crippen molar-refractivity contribution in [3.05, 3.63) is 53.6 Å². The summed E-state index contributed by atoms with van der Waals surface area (Å²) >= 11 is 0. The number of imide groups is 1. The lowest BCUT2D eigenvalue weighted by molar-refractivity contribution is -0.141. The fraction of sp³-hybridized carbons (Fsp3) is 0.357. The molecular formula is C28H26N2O9. The first-order chi connectivity index (χ1) is 18.9. The van der Waals surface area contributed by atoms with Gasteiger partial charge in [0.15, 0.2) is 23.0 Å². The fourth-order valence-electron chi connectivity index (χ4n) is 5.96. The average molecular weight is 535 g/mol. The molecule has 2 amide bonds. The Morgan fingerprint density at radius 2 is 1.72 bits per heavy atom. The lowest BCUT2D eigenvalue weighted by Gasteiger charge is -2.37. The van der Waals surface area contributed by atoms with E-state index in [1.54, 1.807) is 12.1 Å². The van der Waals surface area contributed by atoms with Gasteiger partial charge >= 0.3 is 5.97 Å². The molecule has 0 saturated carbocycles. The lowest BCUT2D eigenvalue weighted by Crippen LogP contribution is -2.35. The summed E-state index contributed by atoms with van der Waals surface area (Å²) < 4.78 is 27.6. The molecular weight excluding hydrogens is 508 g/mol. The van der Waals surface area contributed by atoms with Gasteiger partial charge in [0, 0.05) is 18.4 Å². The number of phenolic OH excluding ortho intramolecular Hbond substituents is 1. The molecule has 2 saturated heterocycles. The van der Waals surface area contributed by atoms with Gasteiger partial charge < -0.3 is 28.8 Å². The van der Waals surface area contributed by atoms with E-state index in [2.05, 4.69) is 6.58 Å². The van der Waals surface area contributed by atoms with E-state index in [1.165, 1.54) is 20.3 Å². The van der Waals surface area contributed by atoms with Crippen molar-refractivity contribution in [2.24, 2.45) is 16.8 Å². The third-order valence-corrected chi connectivity index (χ3v) is 7.73. The summed E-state index contributed by atoms with van der Waals surface area (Å²) in [6, 6.07) is 6.31. The third-order valence-electron chi connectivity index (χ3n) is 7.73. The van der Waals surface area contributed by atoms with Gasteiger partial charge in [0.1, 0.15) is 5.71 Å². The smallest absolute Gasteiger partial charge is 0.310 e. The number of ether oxygens (including phenoxy) is 5. The Morgan fingerprint density at radius 1 is 1.05 bits per heavy atom. The standard InChI is InChI=1S/C28H26N2O9/c1-4-5-30-22(31)10-17(27(30)33)29-25-15-9-19-18(38-12-39-19)8-14(15)23(24-16(25)11-37-28(24)34)13-6-20(35-2)26(32)21(7-13)36-3/h4,6-9,16,23-25,32H,1,5,10-12H2,2-3H3/t16-,23+,24-,25+/m0/s1. The molecule has 6 rings (SSSR count). The molecule has 4 atom stereocenters. The van der Waals surface area contributed by atoms with Gasteiger partial charge in [0.05, 0.1) is 39.2 Å². The van der Waals surface area contributed by atoms with Crippen LogP contribution >= 0.6 is 0 Å². The molecule has 39 heavy (non-hydrogen) atoms. The minimum absolute atomic E-state index is 0.0430. The van der Waals surface area contributed by atoms with Crippen LogP contribution < -0.4 is 18.9 Å². The van der Waals surface area contributed by atoms with Crippen LogP contribution in [0.1, 0.15) is 35.1 Å². The first-order valence-corrected chi connectivity index (χ1v) is 12.4. The van der Waals surface area contributed by atoms with Crippen LogP contribution in [0.15, 0.2) is 41.9 Å². The summed E-state index contributed by atoms with van der Waals surface area (Å²) in [5, 5.41) is 10.5. The molecule has 3 aliphatic heterocycles. The molecule has 4 aliphatic rings. The minimum Gasteiger partial charge on any atom is -0.502 e. The van der Waals surface area contributed by atoms with Crippen LogP contribution in [-0.4, -0.2) is 67.7 Å². The number of aliphatic imine (C=N–C) groups is 1. The van der Waals surface area contributed by atoms with Crippen molar-refractivity contribution in [1.29, 1.82) is 0 Å². The number of hydrogen-bond acceptors (Lipinski definition) is 10. The zero-order chi connectivity index (χ0) is 27.4. The number of cyclic esters (lactones) is 1. The number of esters is 1. The molecule has 202 valence electrons. The number of amides is 2. The molecule has 0 unspecified atom stereocenters. The second-order valence-corrected chi connectivity index (χ2v) is 9.70. The van der Waals surface area contributed by atoms with Crippen LogP contribution in [0.2, 0.25) is 0 Å². The molecule has 11 nitrogen and oxygen atoms in total. The first-order valence-electron chi connectivity index (χ1n) is 12.4. The van der Waals surface area contributed by atoms with Crippen LogP contribution in [0.5, 0.6) is 28.7 Å². The monoisotopic (exact) mass is 534 g/mol. The largest absolute Gasteiger partial charge is 0.502 e. The van der Waals surface area contributed by atoms with Gasteiger partial charge in [0.2, 0.25) is 18.4 Å². The molecule has 0 radical (unpaired) electrons. The van der Waals surface area contributed by atoms with Crippen LogP contribution in [0.3, 0.4) is 0 Å². The quantitative estimate of drug-likeness (QED) is 0.337. The van der Waals surface area contributed by atoms with E-state index in [0.29, 0.717) is 17.1 Å². The van der Waals surface area contributed by atoms with Gasteiger partial charge in [0.25, 0.3) is 5.91 Å². The molecule has 0 aromatic heterocycles. The highest BCUT2D eigenvalue weighted by atomic mass is 16.7. The van der Waals surface area contributed by atoms with Crippen molar-refractivity contribution in [3.63, 3.8) is 0 Å². The molecule has 2 aromatic carbocycles. The van der Waals surface area contributed by atoms with E-state index < -0.39 is 35.7 Å². The number of carbonyl (C=O) groups excluding carboxylic acids is 3. The number of phenols is 1. The van der Waals surface area contributed by atoms with Gasteiger partial charge in [-0.2, -0.15) is 0 Å². The van der Waals surface area contributed by atoms with E-state index in [1.807, 2.05) is 12.1 Å². The molecule has 1 N–H and O–H groups in total. The maximum Gasteiger partial charge on any atom is 0.310 e. The summed E-state index contributed by atoms with van der Waals surface area (Å²) in [6.45, 7) is 3.84. The van der Waals surface area contributed by atoms with Gasteiger partial charge in [-0.15, -0.1) is 6.58 Å². The number of nitrogens with zero attached hydrogens (tertiary/aromatic N) is 2. The SMILES string of the molecule is C=CCN1C(=O)CC(=N[C@@H]2c3cc4c(cc3[C@@H](c3cc(OC)c(O)c(OC)c3)[C@H]3C(=O)OC[C@@H]32)OCO4)C1=O. The second-order valence-electron chi connectivity index (χ2n) is 9.70. The molecule has 0 spiro atoms. The Morgan fingerprint density at radius 3 is 2.36 bits per heavy atom. The van der Waals surface area contributed by atoms with Gasteiger partial charge in [-0.3, -0.25) is 24.3 Å². The summed E-state index contributed by atoms with van der Waals surface area (Å²) in [5.74, 6) is -1.64. The maximum absolute atomic E-state index is 13.3. The van der Waals surface area contributed by atoms with Crippen LogP contribution in [0.25, 0.3) is 0 Å². The molecule has 11 heteroatoms. The van der Waals surface area contributed by atoms with Crippen molar-refractivity contribution in [3.8, 4) is 28.7 Å². The normalized spacial score (nSPS) is 25.9. The van der Waals surface area contributed by atoms with Crippen LogP contribution in [-0.2, 0) is 19.1 Å². The van der Waals surface area contributed by atoms with Crippen molar-refractivity contribution < 1.29 is 43.2 Å². The summed E-state index contributed by atoms with van der Waals surface area (Å²) in [6.07, 6.45) is 1.35. The second kappa shape index (κ2) is 9.33. The predicted octanol–water partition coefficient (Wildman–Crippen LogP) is 2.50. The molecule has 0 bridgehead atoms. The lowest BCUT2D eigenvalue weighted by atomic mass is 9.65. The number of hydrogen-bond donors (Lipinski definition) is 1. The molecule has 2 fully saturated rings. The van der Waals surface area contributed by atoms with E-state index in [9.17, 15) is 19.5 Å². The highest BCUT2D eigenvalue weighted by Crippen LogP contribution is 2.56. The Kier molecular flexibility index (Phi) is 5.93. The van der Waals surface area contributed by atoms with E-state index in [0.717, 1.165) is 16.0 Å². The third kappa shape index (κ3) is 3.79. The van der Waals surface area contributed by atoms with Gasteiger partial charge in [-0.05, 0) is 41.0 Å². The highest BCUT2D eigenvalue weighted by Gasteiger charge is 2.53. The Balaban J connectivity index is 1.55. The zero-order valence-corrected chi connectivity index (χ0v) is 21.3. The topological polar surface area (TPSA) is 133 Å². The number of aromatic hydroxyl groups is 1. The average Bonchev–Trinajstić information content (AvgIpc) is 3.62. The maximum atomic E-state index is 13.3. The van der Waals surface area contributed by atoms with Gasteiger partial charge in [-0.1, -0.05) is 6.08 Å². The summed E-state index contributed by atoms with van der Waals surface area (Å²) in [4.78, 5) is 44.7. The van der Waals surface area contributed by atoms with Gasteiger partial charge in [-0.25, -0.2) is 0 Å². The fourth-order valence-corrected chi connectivity index (χ4v) is 5.96. The Hall–Kier alpha value is -4.54. The Bertz CT molecular complexity index is 1420. The van der Waals surface area contributed by atoms with Crippen molar-refractivity contribution in [1.82, 2.24) is 4.90 Å². The number of benzene rings is 2. The number of carbonyl (C=O) groups is 3. The first kappa shape index (κ1) is 24.8. The number of fused-ring (bicyclic) bond motifs is 3. The van der Waals surface area contributed by atoms with Crippen molar-refractivity contribution >= 4 is 23.5 Å². The number of rotatable bonds is 6. The number of methoxy groups -OCH3 is 2. The van der Waals surface area contributed by atoms with E-state index in [-0.39, 0.29) is 55.2 Å². The predicted molar refractivity (Wildman–Crippen MR) is 135 cm³/mol. The zero-order valence-electron chi connectivity index (χ0n) is 21.3. The van der Waals surface area contributed by atoms with Crippen molar-refractivity contribution in [2.75, 3.05) is 34.2 Å². The van der Waals surface area contributed by atoms with E-state index >= 15 is 0 Å². The number of likely N-dealkylation sites (tertiary alicyclic amines) is 1. The minimum atomic E-state index is -0.678. The highest BCUT2D eigenvalue weighted by molar-refractivity contribution is 6.48. The molecule has 1 aliphatic carbocycles.